The summed E-state index contributed by atoms with van der Waals surface area (Å²) in [6.45, 7) is 3.70. The minimum Gasteiger partial charge on any atom is -0.460 e. The Bertz CT molecular complexity index is 861. The van der Waals surface area contributed by atoms with Gasteiger partial charge in [-0.25, -0.2) is 4.39 Å². The van der Waals surface area contributed by atoms with Crippen molar-refractivity contribution in [2.75, 3.05) is 0 Å². The Balaban J connectivity index is 1.65. The molecule has 0 bridgehead atoms. The lowest BCUT2D eigenvalue weighted by molar-refractivity contribution is -0.147. The molecule has 6 heteroatoms. The van der Waals surface area contributed by atoms with Gasteiger partial charge < -0.3 is 9.47 Å². The van der Waals surface area contributed by atoms with Crippen LogP contribution in [0.2, 0.25) is 0 Å². The molecule has 1 aliphatic rings. The van der Waals surface area contributed by atoms with Gasteiger partial charge in [0.25, 0.3) is 0 Å². The first kappa shape index (κ1) is 19.7. The van der Waals surface area contributed by atoms with Crippen molar-refractivity contribution in [2.24, 2.45) is 17.3 Å². The van der Waals surface area contributed by atoms with E-state index >= 15 is 0 Å². The van der Waals surface area contributed by atoms with Crippen molar-refractivity contribution in [1.82, 2.24) is 0 Å². The van der Waals surface area contributed by atoms with E-state index in [9.17, 15) is 9.18 Å². The zero-order valence-electron chi connectivity index (χ0n) is 14.9. The minimum absolute atomic E-state index is 0.0902. The van der Waals surface area contributed by atoms with E-state index in [4.69, 9.17) is 32.7 Å². The molecule has 142 valence electrons. The van der Waals surface area contributed by atoms with Gasteiger partial charge in [-0.3, -0.25) is 4.79 Å². The number of ether oxygens (including phenoxy) is 2. The lowest BCUT2D eigenvalue weighted by Crippen LogP contribution is -2.11. The van der Waals surface area contributed by atoms with E-state index in [1.54, 1.807) is 18.2 Å². The van der Waals surface area contributed by atoms with Crippen LogP contribution in [-0.4, -0.2) is 5.97 Å². The van der Waals surface area contributed by atoms with Crippen molar-refractivity contribution in [3.63, 3.8) is 0 Å². The quantitative estimate of drug-likeness (QED) is 0.529. The van der Waals surface area contributed by atoms with Gasteiger partial charge in [-0.05, 0) is 47.7 Å². The van der Waals surface area contributed by atoms with Crippen LogP contribution >= 0.6 is 23.2 Å². The maximum atomic E-state index is 14.1. The molecule has 0 aliphatic heterocycles. The topological polar surface area (TPSA) is 35.5 Å². The summed E-state index contributed by atoms with van der Waals surface area (Å²) in [7, 11) is 0. The summed E-state index contributed by atoms with van der Waals surface area (Å²) in [5.41, 5.74) is -0.0409. The number of carbonyl (C=O) groups excluding carboxylic acids is 1. The molecule has 1 fully saturated rings. The van der Waals surface area contributed by atoms with Gasteiger partial charge in [0.2, 0.25) is 0 Å². The molecular formula is C21H19Cl2FO3. The summed E-state index contributed by atoms with van der Waals surface area (Å²) in [5.74, 6) is -0.193. The van der Waals surface area contributed by atoms with E-state index in [0.29, 0.717) is 11.5 Å². The van der Waals surface area contributed by atoms with Crippen molar-refractivity contribution in [2.45, 2.75) is 20.5 Å². The molecule has 0 aromatic heterocycles. The summed E-state index contributed by atoms with van der Waals surface area (Å²) in [5, 5.41) is 0. The van der Waals surface area contributed by atoms with Gasteiger partial charge in [0.15, 0.2) is 0 Å². The molecule has 1 aliphatic carbocycles. The molecule has 0 saturated heterocycles. The first-order valence-corrected chi connectivity index (χ1v) is 9.25. The molecule has 0 spiro atoms. The van der Waals surface area contributed by atoms with Crippen LogP contribution in [0.25, 0.3) is 0 Å². The van der Waals surface area contributed by atoms with Crippen LogP contribution in [0.3, 0.4) is 0 Å². The molecule has 3 nitrogen and oxygen atoms in total. The number of hydrogen-bond acceptors (Lipinski definition) is 3. The summed E-state index contributed by atoms with van der Waals surface area (Å²) in [6.07, 6.45) is 1.64. The Morgan fingerprint density at radius 3 is 2.52 bits per heavy atom. The molecule has 27 heavy (non-hydrogen) atoms. The fraction of sp³-hybridized carbons (Fsp3) is 0.286. The van der Waals surface area contributed by atoms with Crippen LogP contribution in [0.1, 0.15) is 19.4 Å². The lowest BCUT2D eigenvalue weighted by atomic mass is 10.1. The standard InChI is InChI=1S/C21H19Cl2FO3/c1-21(2)16(11-18(22)23)19(21)20(25)26-12-13-10-15(8-9-17(13)24)27-14-6-4-3-5-7-14/h3-11,16,19H,12H2,1-2H3. The van der Waals surface area contributed by atoms with Gasteiger partial charge in [0, 0.05) is 5.56 Å². The highest BCUT2D eigenvalue weighted by Gasteiger charge is 2.61. The summed E-state index contributed by atoms with van der Waals surface area (Å²) < 4.78 is 25.2. The second-order valence-electron chi connectivity index (χ2n) is 7.06. The number of benzene rings is 2. The van der Waals surface area contributed by atoms with Gasteiger partial charge in [-0.2, -0.15) is 0 Å². The second kappa shape index (κ2) is 7.91. The summed E-state index contributed by atoms with van der Waals surface area (Å²) in [4.78, 5) is 12.4. The van der Waals surface area contributed by atoms with E-state index in [1.165, 1.54) is 18.2 Å². The number of allylic oxidation sites excluding steroid dienone is 1. The highest BCUT2D eigenvalue weighted by Crippen LogP contribution is 2.60. The first-order chi connectivity index (χ1) is 12.8. The van der Waals surface area contributed by atoms with Gasteiger partial charge in [-0.15, -0.1) is 0 Å². The maximum absolute atomic E-state index is 14.1. The normalized spacial score (nSPS) is 19.9. The number of halogens is 3. The lowest BCUT2D eigenvalue weighted by Gasteiger charge is -2.10. The minimum atomic E-state index is -0.460. The van der Waals surface area contributed by atoms with Crippen LogP contribution < -0.4 is 4.74 Å². The molecule has 1 saturated carbocycles. The van der Waals surface area contributed by atoms with E-state index in [1.807, 2.05) is 32.0 Å². The predicted molar refractivity (Wildman–Crippen MR) is 103 cm³/mol. The van der Waals surface area contributed by atoms with Crippen molar-refractivity contribution in [3.8, 4) is 11.5 Å². The SMILES string of the molecule is CC1(C)C(C=C(Cl)Cl)C1C(=O)OCc1cc(Oc2ccccc2)ccc1F. The van der Waals surface area contributed by atoms with Crippen molar-refractivity contribution >= 4 is 29.2 Å². The number of carbonyl (C=O) groups is 1. The average Bonchev–Trinajstić information content (AvgIpc) is 3.15. The molecule has 2 aromatic rings. The molecule has 2 unspecified atom stereocenters. The van der Waals surface area contributed by atoms with Crippen LogP contribution in [0, 0.1) is 23.1 Å². The predicted octanol–water partition coefficient (Wildman–Crippen LogP) is 6.25. The molecule has 0 radical (unpaired) electrons. The Kier molecular flexibility index (Phi) is 5.78. The fourth-order valence-corrected chi connectivity index (χ4v) is 3.43. The Hall–Kier alpha value is -2.04. The first-order valence-electron chi connectivity index (χ1n) is 8.50. The molecular weight excluding hydrogens is 390 g/mol. The summed E-state index contributed by atoms with van der Waals surface area (Å²) >= 11 is 11.4. The monoisotopic (exact) mass is 408 g/mol. The highest BCUT2D eigenvalue weighted by molar-refractivity contribution is 6.55. The third-order valence-corrected chi connectivity index (χ3v) is 5.09. The Morgan fingerprint density at radius 2 is 1.85 bits per heavy atom. The average molecular weight is 409 g/mol. The maximum Gasteiger partial charge on any atom is 0.310 e. The third kappa shape index (κ3) is 4.63. The second-order valence-corrected chi connectivity index (χ2v) is 8.07. The third-order valence-electron chi connectivity index (χ3n) is 4.84. The smallest absolute Gasteiger partial charge is 0.310 e. The number of para-hydroxylation sites is 1. The molecule has 2 aromatic carbocycles. The van der Waals surface area contributed by atoms with Crippen LogP contribution in [0.5, 0.6) is 11.5 Å². The molecule has 2 atom stereocenters. The Labute approximate surface area is 167 Å². The highest BCUT2D eigenvalue weighted by atomic mass is 35.5. The van der Waals surface area contributed by atoms with E-state index < -0.39 is 11.8 Å². The largest absolute Gasteiger partial charge is 0.460 e. The van der Waals surface area contributed by atoms with Crippen LogP contribution in [0.15, 0.2) is 59.1 Å². The van der Waals surface area contributed by atoms with Gasteiger partial charge in [-0.1, -0.05) is 55.2 Å². The Morgan fingerprint density at radius 1 is 1.15 bits per heavy atom. The fourth-order valence-electron chi connectivity index (χ4n) is 3.16. The molecule has 3 rings (SSSR count). The number of esters is 1. The van der Waals surface area contributed by atoms with Gasteiger partial charge in [0.1, 0.15) is 28.4 Å². The van der Waals surface area contributed by atoms with Gasteiger partial charge in [0.05, 0.1) is 5.92 Å². The zero-order chi connectivity index (χ0) is 19.6. The van der Waals surface area contributed by atoms with E-state index in [0.717, 1.165) is 0 Å². The van der Waals surface area contributed by atoms with Crippen molar-refractivity contribution in [3.05, 3.63) is 70.5 Å². The molecule has 0 amide bonds. The number of hydrogen-bond donors (Lipinski definition) is 0. The van der Waals surface area contributed by atoms with Crippen LogP contribution in [-0.2, 0) is 16.1 Å². The van der Waals surface area contributed by atoms with E-state index in [2.05, 4.69) is 0 Å². The molecule has 0 N–H and O–H groups in total. The van der Waals surface area contributed by atoms with Crippen molar-refractivity contribution in [1.29, 1.82) is 0 Å². The van der Waals surface area contributed by atoms with Gasteiger partial charge >= 0.3 is 5.97 Å². The van der Waals surface area contributed by atoms with Crippen LogP contribution in [0.4, 0.5) is 4.39 Å². The van der Waals surface area contributed by atoms with E-state index in [-0.39, 0.29) is 33.9 Å². The molecule has 0 heterocycles. The summed E-state index contributed by atoms with van der Waals surface area (Å²) in [6, 6.07) is 13.5. The zero-order valence-corrected chi connectivity index (χ0v) is 16.4. The van der Waals surface area contributed by atoms with Crippen molar-refractivity contribution < 1.29 is 18.7 Å². The number of rotatable bonds is 6.